The maximum atomic E-state index is 13.6. The van der Waals surface area contributed by atoms with Gasteiger partial charge in [0.05, 0.1) is 15.1 Å². The fourth-order valence-corrected chi connectivity index (χ4v) is 7.65. The summed E-state index contributed by atoms with van der Waals surface area (Å²) in [5.41, 5.74) is 1.22. The van der Waals surface area contributed by atoms with Crippen molar-refractivity contribution in [3.8, 4) is 0 Å². The van der Waals surface area contributed by atoms with Gasteiger partial charge in [0.2, 0.25) is 10.0 Å². The number of amides is 1. The third-order valence-electron chi connectivity index (χ3n) is 6.38. The number of rotatable bonds is 8. The largest absolute Gasteiger partial charge is 0.309 e. The molecule has 2 atom stereocenters. The van der Waals surface area contributed by atoms with Crippen LogP contribution in [0.3, 0.4) is 0 Å². The molecule has 1 aliphatic rings. The smallest absolute Gasteiger partial charge is 0.260 e. The van der Waals surface area contributed by atoms with E-state index in [1.165, 1.54) is 11.3 Å². The summed E-state index contributed by atoms with van der Waals surface area (Å²) >= 11 is 7.57. The highest BCUT2D eigenvalue weighted by atomic mass is 35.5. The number of benzene rings is 2. The van der Waals surface area contributed by atoms with E-state index in [-0.39, 0.29) is 10.8 Å². The van der Waals surface area contributed by atoms with Crippen molar-refractivity contribution < 1.29 is 13.2 Å². The van der Waals surface area contributed by atoms with Crippen LogP contribution < -0.4 is 4.90 Å². The molecule has 1 aromatic heterocycles. The van der Waals surface area contributed by atoms with Crippen molar-refractivity contribution in [1.82, 2.24) is 14.2 Å². The Balaban J connectivity index is 1.59. The standard InChI is InChI=1S/C26H33ClN4O3S2/c1-18-14-19(2)17-30(16-18)36(33,34)22-9-6-20(7-10-22)25(32)31(13-5-12-29(3)4)26-28-23-11-8-21(27)15-24(23)35-26/h6-11,15,18-19H,5,12-14,16-17H2,1-4H3. The molecule has 0 saturated carbocycles. The topological polar surface area (TPSA) is 73.8 Å². The maximum absolute atomic E-state index is 13.6. The van der Waals surface area contributed by atoms with Gasteiger partial charge in [-0.2, -0.15) is 4.31 Å². The van der Waals surface area contributed by atoms with Crippen LogP contribution in [0, 0.1) is 11.8 Å². The molecule has 2 aromatic carbocycles. The summed E-state index contributed by atoms with van der Waals surface area (Å²) in [6, 6.07) is 11.8. The van der Waals surface area contributed by atoms with Gasteiger partial charge in [0.1, 0.15) is 0 Å². The molecular weight excluding hydrogens is 516 g/mol. The SMILES string of the molecule is CC1CC(C)CN(S(=O)(=O)c2ccc(C(=O)N(CCCN(C)C)c3nc4ccc(Cl)cc4s3)cc2)C1. The Kier molecular flexibility index (Phi) is 8.36. The van der Waals surface area contributed by atoms with Crippen LogP contribution >= 0.6 is 22.9 Å². The summed E-state index contributed by atoms with van der Waals surface area (Å²) in [5.74, 6) is 0.440. The molecule has 1 aliphatic heterocycles. The zero-order valence-corrected chi connectivity index (χ0v) is 23.5. The van der Waals surface area contributed by atoms with Crippen LogP contribution in [0.25, 0.3) is 10.2 Å². The zero-order chi connectivity index (χ0) is 26.0. The summed E-state index contributed by atoms with van der Waals surface area (Å²) in [7, 11) is 0.382. The number of carbonyl (C=O) groups excluding carboxylic acids is 1. The molecule has 4 rings (SSSR count). The van der Waals surface area contributed by atoms with Crippen molar-refractivity contribution in [1.29, 1.82) is 0 Å². The second-order valence-corrected chi connectivity index (χ2v) is 13.4. The molecule has 0 aliphatic carbocycles. The molecule has 2 unspecified atom stereocenters. The highest BCUT2D eigenvalue weighted by Crippen LogP contribution is 2.32. The first kappa shape index (κ1) is 27.0. The van der Waals surface area contributed by atoms with E-state index in [0.717, 1.165) is 29.6 Å². The average molecular weight is 549 g/mol. The van der Waals surface area contributed by atoms with Crippen LogP contribution in [0.4, 0.5) is 5.13 Å². The van der Waals surface area contributed by atoms with Gasteiger partial charge in [-0.3, -0.25) is 9.69 Å². The minimum Gasteiger partial charge on any atom is -0.309 e. The molecule has 194 valence electrons. The van der Waals surface area contributed by atoms with E-state index < -0.39 is 10.0 Å². The van der Waals surface area contributed by atoms with Gasteiger partial charge in [-0.25, -0.2) is 13.4 Å². The summed E-state index contributed by atoms with van der Waals surface area (Å²) in [4.78, 5) is 22.3. The van der Waals surface area contributed by atoms with E-state index in [2.05, 4.69) is 23.7 Å². The van der Waals surface area contributed by atoms with Crippen molar-refractivity contribution >= 4 is 54.2 Å². The molecule has 1 saturated heterocycles. The van der Waals surface area contributed by atoms with Gasteiger partial charge in [0.15, 0.2) is 5.13 Å². The van der Waals surface area contributed by atoms with Crippen LogP contribution in [-0.2, 0) is 10.0 Å². The third kappa shape index (κ3) is 6.08. The fourth-order valence-electron chi connectivity index (χ4n) is 4.71. The van der Waals surface area contributed by atoms with Crippen LogP contribution in [-0.4, -0.2) is 68.8 Å². The summed E-state index contributed by atoms with van der Waals surface area (Å²) in [6.07, 6.45) is 1.80. The number of nitrogens with zero attached hydrogens (tertiary/aromatic N) is 4. The minimum absolute atomic E-state index is 0.205. The van der Waals surface area contributed by atoms with Crippen LogP contribution in [0.1, 0.15) is 37.0 Å². The van der Waals surface area contributed by atoms with Gasteiger partial charge in [-0.05, 0) is 87.8 Å². The van der Waals surface area contributed by atoms with Gasteiger partial charge >= 0.3 is 0 Å². The second kappa shape index (κ2) is 11.1. The van der Waals surface area contributed by atoms with E-state index in [1.807, 2.05) is 26.2 Å². The summed E-state index contributed by atoms with van der Waals surface area (Å²) in [6.45, 7) is 6.53. The quantitative estimate of drug-likeness (QED) is 0.386. The number of carbonyl (C=O) groups is 1. The van der Waals surface area contributed by atoms with Crippen molar-refractivity contribution in [3.63, 3.8) is 0 Å². The third-order valence-corrected chi connectivity index (χ3v) is 9.50. The lowest BCUT2D eigenvalue weighted by molar-refractivity contribution is 0.0986. The Morgan fingerprint density at radius 3 is 2.39 bits per heavy atom. The zero-order valence-electron chi connectivity index (χ0n) is 21.1. The lowest BCUT2D eigenvalue weighted by Crippen LogP contribution is -2.42. The molecule has 2 heterocycles. The Morgan fingerprint density at radius 1 is 1.08 bits per heavy atom. The molecule has 3 aromatic rings. The summed E-state index contributed by atoms with van der Waals surface area (Å²) < 4.78 is 29.0. The molecule has 0 bridgehead atoms. The van der Waals surface area contributed by atoms with Crippen molar-refractivity contribution in [2.45, 2.75) is 31.6 Å². The number of halogens is 1. The molecule has 1 fully saturated rings. The number of hydrogen-bond acceptors (Lipinski definition) is 6. The Bertz CT molecular complexity index is 1310. The number of fused-ring (bicyclic) bond motifs is 1. The number of aromatic nitrogens is 1. The number of sulfonamides is 1. The van der Waals surface area contributed by atoms with E-state index in [0.29, 0.717) is 47.2 Å². The maximum Gasteiger partial charge on any atom is 0.260 e. The predicted octanol–water partition coefficient (Wildman–Crippen LogP) is 5.21. The minimum atomic E-state index is -3.61. The first-order valence-electron chi connectivity index (χ1n) is 12.2. The predicted molar refractivity (Wildman–Crippen MR) is 148 cm³/mol. The molecule has 0 radical (unpaired) electrons. The van der Waals surface area contributed by atoms with Crippen molar-refractivity contribution in [3.05, 3.63) is 53.1 Å². The van der Waals surface area contributed by atoms with E-state index in [1.54, 1.807) is 39.5 Å². The number of thiazole rings is 1. The highest BCUT2D eigenvalue weighted by Gasteiger charge is 2.32. The lowest BCUT2D eigenvalue weighted by atomic mass is 9.94. The molecule has 0 spiro atoms. The second-order valence-electron chi connectivity index (χ2n) is 10.0. The molecule has 1 amide bonds. The van der Waals surface area contributed by atoms with E-state index >= 15 is 0 Å². The molecule has 7 nitrogen and oxygen atoms in total. The van der Waals surface area contributed by atoms with Gasteiger partial charge in [0.25, 0.3) is 5.91 Å². The Morgan fingerprint density at radius 2 is 1.75 bits per heavy atom. The fraction of sp³-hybridized carbons (Fsp3) is 0.462. The normalized spacial score (nSPS) is 19.2. The van der Waals surface area contributed by atoms with Crippen LogP contribution in [0.5, 0.6) is 0 Å². The van der Waals surface area contributed by atoms with Gasteiger partial charge in [-0.1, -0.05) is 36.8 Å². The molecular formula is C26H33ClN4O3S2. The van der Waals surface area contributed by atoms with E-state index in [9.17, 15) is 13.2 Å². The monoisotopic (exact) mass is 548 g/mol. The number of piperidine rings is 1. The van der Waals surface area contributed by atoms with Gasteiger partial charge in [0, 0.05) is 30.2 Å². The Labute approximate surface area is 222 Å². The highest BCUT2D eigenvalue weighted by molar-refractivity contribution is 7.89. The van der Waals surface area contributed by atoms with Crippen LogP contribution in [0.2, 0.25) is 5.02 Å². The van der Waals surface area contributed by atoms with Gasteiger partial charge in [-0.15, -0.1) is 0 Å². The number of hydrogen-bond donors (Lipinski definition) is 0. The molecule has 10 heteroatoms. The molecule has 0 N–H and O–H groups in total. The van der Waals surface area contributed by atoms with Crippen molar-refractivity contribution in [2.24, 2.45) is 11.8 Å². The number of anilines is 1. The Hall–Kier alpha value is -2.04. The first-order valence-corrected chi connectivity index (χ1v) is 14.8. The van der Waals surface area contributed by atoms with E-state index in [4.69, 9.17) is 11.6 Å². The summed E-state index contributed by atoms with van der Waals surface area (Å²) in [5, 5.41) is 1.22. The van der Waals surface area contributed by atoms with Gasteiger partial charge < -0.3 is 4.90 Å². The average Bonchev–Trinajstić information content (AvgIpc) is 3.23. The van der Waals surface area contributed by atoms with Crippen molar-refractivity contribution in [2.75, 3.05) is 45.2 Å². The molecule has 36 heavy (non-hydrogen) atoms. The van der Waals surface area contributed by atoms with Crippen LogP contribution in [0.15, 0.2) is 47.4 Å². The first-order chi connectivity index (χ1) is 17.0. The lowest BCUT2D eigenvalue weighted by Gasteiger charge is -2.34.